The molecule has 0 aromatic heterocycles. The number of ether oxygens (including phenoxy) is 1. The molecule has 6 atom stereocenters. The van der Waals surface area contributed by atoms with Crippen molar-refractivity contribution < 1.29 is 23.4 Å². The Balaban J connectivity index is 1.33. The Hall–Kier alpha value is -1.69. The summed E-state index contributed by atoms with van der Waals surface area (Å²) in [6, 6.07) is 5.74. The first-order valence-corrected chi connectivity index (χ1v) is 12.8. The van der Waals surface area contributed by atoms with E-state index in [-0.39, 0.29) is 23.2 Å². The van der Waals surface area contributed by atoms with Gasteiger partial charge in [-0.05, 0) is 97.3 Å². The highest BCUT2D eigenvalue weighted by molar-refractivity contribution is 5.76. The summed E-state index contributed by atoms with van der Waals surface area (Å²) in [4.78, 5) is 14.5. The summed E-state index contributed by atoms with van der Waals surface area (Å²) in [7, 11) is 0. The number of phenolic OH excluding ortho intramolecular Hbond substituents is 1. The number of morpholine rings is 1. The van der Waals surface area contributed by atoms with Crippen molar-refractivity contribution in [3.8, 4) is 5.75 Å². The van der Waals surface area contributed by atoms with E-state index in [2.05, 4.69) is 13.0 Å². The van der Waals surface area contributed by atoms with Crippen molar-refractivity contribution in [2.75, 3.05) is 26.3 Å². The molecule has 182 valence electrons. The molecule has 1 heterocycles. The van der Waals surface area contributed by atoms with Gasteiger partial charge in [0.2, 0.25) is 12.3 Å². The van der Waals surface area contributed by atoms with Gasteiger partial charge in [-0.1, -0.05) is 13.0 Å². The number of nitrogens with zero attached hydrogens (tertiary/aromatic N) is 1. The molecule has 0 radical (unpaired) electrons. The van der Waals surface area contributed by atoms with Crippen LogP contribution < -0.4 is 0 Å². The quantitative estimate of drug-likeness (QED) is 0.640. The Morgan fingerprint density at radius 2 is 2.06 bits per heavy atom. The predicted octanol–water partition coefficient (Wildman–Crippen LogP) is 5.38. The van der Waals surface area contributed by atoms with E-state index in [1.807, 2.05) is 11.0 Å². The maximum atomic E-state index is 14.2. The first kappa shape index (κ1) is 23.1. The summed E-state index contributed by atoms with van der Waals surface area (Å²) >= 11 is 0. The van der Waals surface area contributed by atoms with Crippen LogP contribution in [0.5, 0.6) is 5.75 Å². The zero-order valence-corrected chi connectivity index (χ0v) is 19.6. The molecular weight excluding hydrogens is 424 g/mol. The Kier molecular flexibility index (Phi) is 6.41. The molecule has 4 nitrogen and oxygen atoms in total. The van der Waals surface area contributed by atoms with Gasteiger partial charge in [0.1, 0.15) is 5.75 Å². The number of carbonyl (C=O) groups excluding carboxylic acids is 1. The molecule has 33 heavy (non-hydrogen) atoms. The third-order valence-corrected chi connectivity index (χ3v) is 9.55. The van der Waals surface area contributed by atoms with Gasteiger partial charge in [-0.15, -0.1) is 0 Å². The van der Waals surface area contributed by atoms with Crippen LogP contribution >= 0.6 is 0 Å². The fourth-order valence-electron chi connectivity index (χ4n) is 8.08. The lowest BCUT2D eigenvalue weighted by molar-refractivity contribution is -0.135. The second-order valence-corrected chi connectivity index (χ2v) is 11.1. The summed E-state index contributed by atoms with van der Waals surface area (Å²) in [5.74, 6) is 1.33. The van der Waals surface area contributed by atoms with Crippen LogP contribution in [-0.2, 0) is 16.0 Å². The zero-order valence-electron chi connectivity index (χ0n) is 19.6. The topological polar surface area (TPSA) is 49.8 Å². The van der Waals surface area contributed by atoms with Crippen molar-refractivity contribution in [1.82, 2.24) is 4.90 Å². The number of hydrogen-bond acceptors (Lipinski definition) is 3. The molecular formula is C27H37F2NO3. The van der Waals surface area contributed by atoms with Gasteiger partial charge in [0.05, 0.1) is 13.2 Å². The molecule has 1 amide bonds. The first-order valence-electron chi connectivity index (χ1n) is 12.8. The molecule has 0 spiro atoms. The predicted molar refractivity (Wildman–Crippen MR) is 122 cm³/mol. The van der Waals surface area contributed by atoms with Crippen LogP contribution in [0.1, 0.15) is 68.9 Å². The SMILES string of the molecule is C[C@]12CC[C@@H]3c4ccc(O)cc4CC[C@H]3[C@@H]1[C@H](CCCC(=O)N1CCOCC1)CC2C(F)F. The van der Waals surface area contributed by atoms with E-state index in [9.17, 15) is 18.7 Å². The smallest absolute Gasteiger partial charge is 0.241 e. The maximum Gasteiger partial charge on any atom is 0.241 e. The molecule has 5 rings (SSSR count). The second kappa shape index (κ2) is 9.16. The van der Waals surface area contributed by atoms with Gasteiger partial charge in [0, 0.05) is 25.4 Å². The number of rotatable bonds is 5. The fourth-order valence-corrected chi connectivity index (χ4v) is 8.08. The van der Waals surface area contributed by atoms with Crippen molar-refractivity contribution in [3.05, 3.63) is 29.3 Å². The lowest BCUT2D eigenvalue weighted by Gasteiger charge is -2.52. The van der Waals surface area contributed by atoms with E-state index < -0.39 is 12.3 Å². The van der Waals surface area contributed by atoms with Crippen LogP contribution in [-0.4, -0.2) is 48.6 Å². The van der Waals surface area contributed by atoms with Gasteiger partial charge in [0.15, 0.2) is 0 Å². The Morgan fingerprint density at radius 3 is 2.82 bits per heavy atom. The van der Waals surface area contributed by atoms with Gasteiger partial charge in [-0.25, -0.2) is 8.78 Å². The van der Waals surface area contributed by atoms with Gasteiger partial charge in [0.25, 0.3) is 0 Å². The number of hydrogen-bond donors (Lipinski definition) is 1. The van der Waals surface area contributed by atoms with E-state index >= 15 is 0 Å². The van der Waals surface area contributed by atoms with E-state index in [1.54, 1.807) is 6.07 Å². The van der Waals surface area contributed by atoms with Gasteiger partial charge in [-0.2, -0.15) is 0 Å². The molecule has 6 heteroatoms. The number of benzene rings is 1. The number of alkyl halides is 2. The lowest BCUT2D eigenvalue weighted by Crippen LogP contribution is -2.45. The molecule has 3 aliphatic carbocycles. The lowest BCUT2D eigenvalue weighted by atomic mass is 9.53. The standard InChI is InChI=1S/C27H37F2NO3/c1-27-10-9-21-20-8-6-19(31)15-17(20)5-7-22(21)25(27)18(16-23(27)26(28)29)3-2-4-24(32)30-11-13-33-14-12-30/h6,8,15,18,21-23,25-26,31H,2-5,7,9-14,16H2,1H3/t18-,21-,22-,23?,25+,27-/m1/s1. The number of amides is 1. The molecule has 1 saturated heterocycles. The molecule has 4 aliphatic rings. The van der Waals surface area contributed by atoms with Crippen molar-refractivity contribution in [1.29, 1.82) is 0 Å². The summed E-state index contributed by atoms with van der Waals surface area (Å²) in [6.45, 7) is 4.67. The van der Waals surface area contributed by atoms with E-state index in [0.29, 0.717) is 56.7 Å². The molecule has 2 saturated carbocycles. The largest absolute Gasteiger partial charge is 0.508 e. The third kappa shape index (κ3) is 4.17. The van der Waals surface area contributed by atoms with E-state index in [0.717, 1.165) is 38.5 Å². The highest BCUT2D eigenvalue weighted by atomic mass is 19.3. The highest BCUT2D eigenvalue weighted by Crippen LogP contribution is 2.66. The fraction of sp³-hybridized carbons (Fsp3) is 0.741. The summed E-state index contributed by atoms with van der Waals surface area (Å²) in [5, 5.41) is 9.93. The maximum absolute atomic E-state index is 14.2. The highest BCUT2D eigenvalue weighted by Gasteiger charge is 2.60. The molecule has 3 fully saturated rings. The average Bonchev–Trinajstić information content (AvgIpc) is 3.12. The third-order valence-electron chi connectivity index (χ3n) is 9.55. The Labute approximate surface area is 195 Å². The van der Waals surface area contributed by atoms with Crippen molar-refractivity contribution in [2.45, 2.75) is 70.6 Å². The van der Waals surface area contributed by atoms with E-state index in [1.165, 1.54) is 11.1 Å². The number of aromatic hydroxyl groups is 1. The van der Waals surface area contributed by atoms with Crippen LogP contribution in [0.15, 0.2) is 18.2 Å². The zero-order chi connectivity index (χ0) is 23.2. The number of fused-ring (bicyclic) bond motifs is 5. The Bertz CT molecular complexity index is 871. The molecule has 1 aromatic rings. The molecule has 1 unspecified atom stereocenters. The minimum Gasteiger partial charge on any atom is -0.508 e. The minimum absolute atomic E-state index is 0.178. The number of aryl methyl sites for hydroxylation is 1. The van der Waals surface area contributed by atoms with Gasteiger partial charge < -0.3 is 14.7 Å². The normalized spacial score (nSPS) is 35.8. The number of carbonyl (C=O) groups is 1. The summed E-state index contributed by atoms with van der Waals surface area (Å²) < 4.78 is 33.8. The van der Waals surface area contributed by atoms with Crippen LogP contribution in [0, 0.1) is 29.1 Å². The average molecular weight is 462 g/mol. The van der Waals surface area contributed by atoms with E-state index in [4.69, 9.17) is 4.74 Å². The van der Waals surface area contributed by atoms with Crippen LogP contribution in [0.25, 0.3) is 0 Å². The first-order chi connectivity index (χ1) is 15.9. The molecule has 1 aliphatic heterocycles. The van der Waals surface area contributed by atoms with Gasteiger partial charge >= 0.3 is 0 Å². The van der Waals surface area contributed by atoms with Crippen LogP contribution in [0.4, 0.5) is 8.78 Å². The second-order valence-electron chi connectivity index (χ2n) is 11.1. The molecule has 0 bridgehead atoms. The van der Waals surface area contributed by atoms with Crippen molar-refractivity contribution in [2.24, 2.45) is 29.1 Å². The van der Waals surface area contributed by atoms with Crippen LogP contribution in [0.3, 0.4) is 0 Å². The molecule has 1 N–H and O–H groups in total. The number of halogens is 2. The van der Waals surface area contributed by atoms with Gasteiger partial charge in [-0.3, -0.25) is 4.79 Å². The summed E-state index contributed by atoms with van der Waals surface area (Å²) in [5.41, 5.74) is 2.24. The van der Waals surface area contributed by atoms with Crippen LogP contribution in [0.2, 0.25) is 0 Å². The Morgan fingerprint density at radius 1 is 1.27 bits per heavy atom. The van der Waals surface area contributed by atoms with Crippen molar-refractivity contribution in [3.63, 3.8) is 0 Å². The van der Waals surface area contributed by atoms with Crippen molar-refractivity contribution >= 4 is 5.91 Å². The summed E-state index contributed by atoms with van der Waals surface area (Å²) in [6.07, 6.45) is 4.21. The minimum atomic E-state index is -2.28. The monoisotopic (exact) mass is 461 g/mol. The number of phenols is 1. The molecule has 1 aromatic carbocycles.